The lowest BCUT2D eigenvalue weighted by Gasteiger charge is -2.17. The number of nitrogens with zero attached hydrogens (tertiary/aromatic N) is 2. The zero-order valence-corrected chi connectivity index (χ0v) is 16.5. The largest absolute Gasteiger partial charge is 0.333 e. The number of amides is 1. The van der Waals surface area contributed by atoms with E-state index >= 15 is 0 Å². The number of aromatic nitrogens is 1. The third-order valence-electron chi connectivity index (χ3n) is 3.74. The number of thiazole rings is 1. The number of nitrogens with one attached hydrogen (secondary N) is 2. The lowest BCUT2D eigenvalue weighted by Crippen LogP contribution is -2.22. The predicted molar refractivity (Wildman–Crippen MR) is 110 cm³/mol. The Morgan fingerprint density at radius 1 is 1.26 bits per heavy atom. The average Bonchev–Trinajstić information content (AvgIpc) is 3.00. The number of anilines is 2. The fourth-order valence-corrected chi connectivity index (χ4v) is 5.55. The van der Waals surface area contributed by atoms with E-state index in [0.717, 1.165) is 27.5 Å². The minimum absolute atomic E-state index is 0.0124. The number of thioether (sulfide) groups is 1. The Bertz CT molecular complexity index is 1190. The molecule has 0 atom stereocenters. The Morgan fingerprint density at radius 2 is 2.07 bits per heavy atom. The minimum atomic E-state index is -3.76. The first-order valence-corrected chi connectivity index (χ1v) is 11.2. The Labute approximate surface area is 164 Å². The van der Waals surface area contributed by atoms with E-state index in [4.69, 9.17) is 0 Å². The fourth-order valence-electron chi connectivity index (χ4n) is 2.53. The molecule has 2 heterocycles. The maximum atomic E-state index is 12.2. The zero-order valence-electron chi connectivity index (χ0n) is 14.1. The van der Waals surface area contributed by atoms with Gasteiger partial charge in [-0.1, -0.05) is 41.3 Å². The van der Waals surface area contributed by atoms with Crippen molar-refractivity contribution < 1.29 is 13.2 Å². The molecule has 4 rings (SSSR count). The second-order valence-corrected chi connectivity index (χ2v) is 9.39. The molecule has 0 spiro atoms. The molecular formula is C17H14N4O3S3. The van der Waals surface area contributed by atoms with Crippen molar-refractivity contribution in [2.24, 2.45) is 4.40 Å². The van der Waals surface area contributed by atoms with Gasteiger partial charge in [0.2, 0.25) is 5.91 Å². The smallest absolute Gasteiger partial charge is 0.286 e. The maximum Gasteiger partial charge on any atom is 0.286 e. The third-order valence-corrected chi connectivity index (χ3v) is 7.00. The second kappa shape index (κ2) is 6.95. The van der Waals surface area contributed by atoms with Gasteiger partial charge >= 0.3 is 0 Å². The van der Waals surface area contributed by atoms with Crippen molar-refractivity contribution in [3.8, 4) is 0 Å². The van der Waals surface area contributed by atoms with Crippen LogP contribution in [-0.2, 0) is 14.8 Å². The molecule has 0 bridgehead atoms. The molecule has 1 amide bonds. The van der Waals surface area contributed by atoms with Crippen LogP contribution in [0.15, 0.2) is 51.8 Å². The predicted octanol–water partition coefficient (Wildman–Crippen LogP) is 3.45. The minimum Gasteiger partial charge on any atom is -0.333 e. The van der Waals surface area contributed by atoms with Crippen LogP contribution in [-0.4, -0.2) is 30.2 Å². The highest BCUT2D eigenvalue weighted by atomic mass is 32.2. The Balaban J connectivity index is 1.43. The van der Waals surface area contributed by atoms with Gasteiger partial charge in [-0.25, -0.2) is 4.98 Å². The van der Waals surface area contributed by atoms with E-state index in [9.17, 15) is 13.2 Å². The summed E-state index contributed by atoms with van der Waals surface area (Å²) in [5.74, 6) is -0.269. The molecule has 2 N–H and O–H groups in total. The van der Waals surface area contributed by atoms with Crippen LogP contribution in [0.25, 0.3) is 10.2 Å². The summed E-state index contributed by atoms with van der Waals surface area (Å²) >= 11 is 2.42. The van der Waals surface area contributed by atoms with Crippen molar-refractivity contribution in [2.45, 2.75) is 11.8 Å². The molecule has 2 aromatic carbocycles. The van der Waals surface area contributed by atoms with Crippen LogP contribution in [0.3, 0.4) is 0 Å². The van der Waals surface area contributed by atoms with E-state index in [2.05, 4.69) is 20.0 Å². The summed E-state index contributed by atoms with van der Waals surface area (Å²) in [4.78, 5) is 16.7. The van der Waals surface area contributed by atoms with Crippen LogP contribution in [0.1, 0.15) is 5.56 Å². The van der Waals surface area contributed by atoms with Gasteiger partial charge in [0.15, 0.2) is 10.3 Å². The molecule has 0 radical (unpaired) electrons. The van der Waals surface area contributed by atoms with E-state index in [0.29, 0.717) is 10.8 Å². The van der Waals surface area contributed by atoms with Gasteiger partial charge in [0.05, 0.1) is 21.7 Å². The van der Waals surface area contributed by atoms with E-state index in [1.807, 2.05) is 25.1 Å². The molecule has 0 aliphatic carbocycles. The molecule has 3 aromatic rings. The number of aryl methyl sites for hydroxylation is 1. The highest BCUT2D eigenvalue weighted by molar-refractivity contribution is 8.15. The summed E-state index contributed by atoms with van der Waals surface area (Å²) in [5, 5.41) is 6.37. The molecule has 10 heteroatoms. The molecule has 1 aliphatic heterocycles. The van der Waals surface area contributed by atoms with Crippen LogP contribution in [0.4, 0.5) is 10.8 Å². The van der Waals surface area contributed by atoms with Gasteiger partial charge in [0, 0.05) is 0 Å². The molecule has 27 heavy (non-hydrogen) atoms. The van der Waals surface area contributed by atoms with Crippen molar-refractivity contribution in [3.05, 3.63) is 48.0 Å². The number of benzene rings is 2. The fraction of sp³-hybridized carbons (Fsp3) is 0.118. The number of hydrogen-bond donors (Lipinski definition) is 2. The molecule has 1 aliphatic rings. The number of amidine groups is 1. The number of carbonyl (C=O) groups is 1. The molecule has 0 saturated heterocycles. The van der Waals surface area contributed by atoms with E-state index < -0.39 is 10.0 Å². The van der Waals surface area contributed by atoms with Crippen molar-refractivity contribution in [1.29, 1.82) is 0 Å². The van der Waals surface area contributed by atoms with Crippen LogP contribution < -0.4 is 10.6 Å². The van der Waals surface area contributed by atoms with E-state index in [1.54, 1.807) is 18.2 Å². The quantitative estimate of drug-likeness (QED) is 0.676. The molecule has 0 unspecified atom stereocenters. The molecule has 0 saturated carbocycles. The Kier molecular flexibility index (Phi) is 4.62. The topological polar surface area (TPSA) is 101 Å². The second-order valence-electron chi connectivity index (χ2n) is 5.82. The number of fused-ring (bicyclic) bond motifs is 2. The monoisotopic (exact) mass is 418 g/mol. The number of para-hydroxylation sites is 1. The summed E-state index contributed by atoms with van der Waals surface area (Å²) in [6.45, 7) is 2.00. The third kappa shape index (κ3) is 3.82. The molecule has 138 valence electrons. The van der Waals surface area contributed by atoms with E-state index in [1.165, 1.54) is 17.4 Å². The van der Waals surface area contributed by atoms with Gasteiger partial charge in [0.25, 0.3) is 10.0 Å². The molecule has 7 nitrogen and oxygen atoms in total. The highest BCUT2D eigenvalue weighted by Crippen LogP contribution is 2.29. The van der Waals surface area contributed by atoms with Crippen molar-refractivity contribution in [2.75, 3.05) is 16.4 Å². The van der Waals surface area contributed by atoms with Crippen LogP contribution in [0.5, 0.6) is 0 Å². The summed E-state index contributed by atoms with van der Waals surface area (Å²) in [7, 11) is -3.76. The number of rotatable bonds is 3. The first kappa shape index (κ1) is 18.0. The van der Waals surface area contributed by atoms with Crippen LogP contribution in [0.2, 0.25) is 0 Å². The summed E-state index contributed by atoms with van der Waals surface area (Å²) < 4.78 is 29.1. The Morgan fingerprint density at radius 3 is 2.93 bits per heavy atom. The van der Waals surface area contributed by atoms with Gasteiger partial charge in [0.1, 0.15) is 4.90 Å². The van der Waals surface area contributed by atoms with Gasteiger partial charge in [-0.2, -0.15) is 8.42 Å². The normalized spacial score (nSPS) is 14.9. The van der Waals surface area contributed by atoms with Crippen molar-refractivity contribution in [1.82, 2.24) is 4.98 Å². The standard InChI is InChI=1S/C17H14N4O3S3/c1-10-6-7-11-13(8-10)26-16(18-11)20-15(22)9-25-17-19-12-4-2-3-5-14(12)27(23,24)21-17/h2-8H,9H2,1H3,(H,19,21)(H,18,20,22). The lowest BCUT2D eigenvalue weighted by molar-refractivity contribution is -0.113. The summed E-state index contributed by atoms with van der Waals surface area (Å²) in [5.41, 5.74) is 2.41. The number of carbonyl (C=O) groups excluding carboxylic acids is 1. The first-order chi connectivity index (χ1) is 12.9. The first-order valence-electron chi connectivity index (χ1n) is 7.91. The maximum absolute atomic E-state index is 12.2. The lowest BCUT2D eigenvalue weighted by atomic mass is 10.2. The SMILES string of the molecule is Cc1ccc2nc(NC(=O)CSC3=NS(=O)(=O)c4ccccc4N3)sc2c1. The molecule has 0 fully saturated rings. The number of sulfonamides is 1. The Hall–Kier alpha value is -2.43. The zero-order chi connectivity index (χ0) is 19.0. The van der Waals surface area contributed by atoms with Gasteiger partial charge in [-0.3, -0.25) is 4.79 Å². The van der Waals surface area contributed by atoms with Gasteiger partial charge in [-0.15, -0.1) is 4.40 Å². The number of hydrogen-bond acceptors (Lipinski definition) is 7. The molecular weight excluding hydrogens is 404 g/mol. The van der Waals surface area contributed by atoms with E-state index in [-0.39, 0.29) is 21.7 Å². The average molecular weight is 419 g/mol. The van der Waals surface area contributed by atoms with Gasteiger partial charge in [-0.05, 0) is 36.8 Å². The summed E-state index contributed by atoms with van der Waals surface area (Å²) in [6, 6.07) is 12.4. The van der Waals surface area contributed by atoms with Crippen molar-refractivity contribution in [3.63, 3.8) is 0 Å². The van der Waals surface area contributed by atoms with Crippen LogP contribution in [0, 0.1) is 6.92 Å². The van der Waals surface area contributed by atoms with Crippen LogP contribution >= 0.6 is 23.1 Å². The van der Waals surface area contributed by atoms with Crippen molar-refractivity contribution >= 4 is 65.2 Å². The van der Waals surface area contributed by atoms with Gasteiger partial charge < -0.3 is 10.6 Å². The molecule has 1 aromatic heterocycles. The summed E-state index contributed by atoms with van der Waals surface area (Å²) in [6.07, 6.45) is 0. The highest BCUT2D eigenvalue weighted by Gasteiger charge is 2.24.